The molecule has 0 aliphatic carbocycles. The Morgan fingerprint density at radius 3 is 0.943 bits per heavy atom. The molecule has 0 heterocycles. The van der Waals surface area contributed by atoms with Gasteiger partial charge in [-0.25, -0.2) is 9.13 Å². The van der Waals surface area contributed by atoms with E-state index in [2.05, 4.69) is 58.9 Å². The van der Waals surface area contributed by atoms with Crippen molar-refractivity contribution in [1.82, 2.24) is 0 Å². The lowest BCUT2D eigenvalue weighted by molar-refractivity contribution is -0.161. The number of hydrogen-bond acceptors (Lipinski definition) is 15. The maximum atomic E-state index is 13.0. The van der Waals surface area contributed by atoms with E-state index in [1.54, 1.807) is 0 Å². The van der Waals surface area contributed by atoms with Gasteiger partial charge in [0.25, 0.3) is 0 Å². The summed E-state index contributed by atoms with van der Waals surface area (Å²) in [4.78, 5) is 72.3. The third-order valence-corrected chi connectivity index (χ3v) is 17.1. The second-order valence-electron chi connectivity index (χ2n) is 24.4. The third-order valence-electron chi connectivity index (χ3n) is 15.2. The van der Waals surface area contributed by atoms with Crippen molar-refractivity contribution < 1.29 is 80.2 Å². The Kier molecular flexibility index (Phi) is 59.3. The molecule has 0 aliphatic heterocycles. The molecule has 0 radical (unpaired) electrons. The molecule has 0 rings (SSSR count). The molecule has 87 heavy (non-hydrogen) atoms. The van der Waals surface area contributed by atoms with Crippen LogP contribution < -0.4 is 0 Å². The van der Waals surface area contributed by atoms with Crippen molar-refractivity contribution in [3.63, 3.8) is 0 Å². The van der Waals surface area contributed by atoms with Gasteiger partial charge in [-0.1, -0.05) is 271 Å². The first kappa shape index (κ1) is 84.5. The van der Waals surface area contributed by atoms with Crippen LogP contribution in [-0.4, -0.2) is 96.7 Å². The molecule has 0 spiro atoms. The Bertz CT molecular complexity index is 1780. The summed E-state index contributed by atoms with van der Waals surface area (Å²) >= 11 is 0. The molecule has 2 unspecified atom stereocenters. The third kappa shape index (κ3) is 62.1. The summed E-state index contributed by atoms with van der Waals surface area (Å²) in [6.45, 7) is 7.07. The summed E-state index contributed by atoms with van der Waals surface area (Å²) in [6, 6.07) is 0. The van der Waals surface area contributed by atoms with Crippen LogP contribution in [0.25, 0.3) is 0 Å². The molecule has 0 saturated heterocycles. The fourth-order valence-electron chi connectivity index (χ4n) is 9.75. The minimum Gasteiger partial charge on any atom is -0.462 e. The molecule has 0 saturated carbocycles. The van der Waals surface area contributed by atoms with Crippen LogP contribution in [0, 0.1) is 5.92 Å². The Balaban J connectivity index is 5.26. The van der Waals surface area contributed by atoms with Crippen molar-refractivity contribution in [1.29, 1.82) is 0 Å². The molecule has 0 aromatic rings. The topological polar surface area (TPSA) is 237 Å². The first-order chi connectivity index (χ1) is 42.0. The van der Waals surface area contributed by atoms with Crippen molar-refractivity contribution in [2.45, 2.75) is 342 Å². The van der Waals surface area contributed by atoms with E-state index in [9.17, 15) is 43.2 Å². The second kappa shape index (κ2) is 61.1. The number of phosphoric acid groups is 2. The van der Waals surface area contributed by atoms with Gasteiger partial charge in [-0.2, -0.15) is 0 Å². The van der Waals surface area contributed by atoms with Gasteiger partial charge in [-0.15, -0.1) is 0 Å². The van der Waals surface area contributed by atoms with Gasteiger partial charge in [-0.05, 0) is 57.3 Å². The molecule has 0 aromatic carbocycles. The summed E-state index contributed by atoms with van der Waals surface area (Å²) in [5.74, 6) is -1.47. The zero-order chi connectivity index (χ0) is 64.2. The molecular formula is C68H128O17P2. The van der Waals surface area contributed by atoms with Crippen LogP contribution >= 0.6 is 15.6 Å². The van der Waals surface area contributed by atoms with E-state index in [0.29, 0.717) is 31.6 Å². The molecular weight excluding hydrogens is 1150 g/mol. The van der Waals surface area contributed by atoms with Gasteiger partial charge < -0.3 is 33.8 Å². The fraction of sp³-hybridized carbons (Fsp3) is 0.882. The van der Waals surface area contributed by atoms with Crippen LogP contribution in [-0.2, 0) is 65.4 Å². The van der Waals surface area contributed by atoms with Crippen molar-refractivity contribution in [3.8, 4) is 0 Å². The maximum absolute atomic E-state index is 13.0. The number of aliphatic hydroxyl groups is 1. The predicted molar refractivity (Wildman–Crippen MR) is 349 cm³/mol. The van der Waals surface area contributed by atoms with E-state index in [4.69, 9.17) is 37.0 Å². The number of rotatable bonds is 66. The van der Waals surface area contributed by atoms with E-state index in [-0.39, 0.29) is 25.7 Å². The largest absolute Gasteiger partial charge is 0.472 e. The fourth-order valence-corrected chi connectivity index (χ4v) is 11.3. The summed E-state index contributed by atoms with van der Waals surface area (Å²) in [5, 5.41) is 10.6. The highest BCUT2D eigenvalue weighted by molar-refractivity contribution is 7.47. The first-order valence-corrected chi connectivity index (χ1v) is 37.9. The standard InChI is InChI=1S/C68H128O17P2/c1-6-9-12-15-18-21-23-25-27-29-31-33-38-43-48-53-67(72)84-63(58-79-66(71)52-47-42-37-32-30-28-26-24-22-19-16-13-10-7-2)59-82-86(74,75)80-55-62(69)56-81-87(76,77)83-60-64(57-78-65(70)51-46-41-36-20-17-14-11-8-3)85-68(73)54-49-44-39-34-35-40-45-50-61(4)5/h21,23,25,27,61-64,69H,6-20,22,24,26,28-60H2,1-5H3,(H,74,75)(H,76,77)/b23-21-,27-25-/t62-,63-,64-/m1/s1. The maximum Gasteiger partial charge on any atom is 0.472 e. The first-order valence-electron chi connectivity index (χ1n) is 35.0. The highest BCUT2D eigenvalue weighted by Crippen LogP contribution is 2.45. The van der Waals surface area contributed by atoms with Crippen LogP contribution in [0.4, 0.5) is 0 Å². The van der Waals surface area contributed by atoms with E-state index < -0.39 is 97.5 Å². The van der Waals surface area contributed by atoms with Crippen LogP contribution in [0.3, 0.4) is 0 Å². The van der Waals surface area contributed by atoms with Gasteiger partial charge in [0.05, 0.1) is 26.4 Å². The van der Waals surface area contributed by atoms with Gasteiger partial charge in [0.15, 0.2) is 12.2 Å². The zero-order valence-electron chi connectivity index (χ0n) is 55.6. The van der Waals surface area contributed by atoms with Crippen LogP contribution in [0.2, 0.25) is 0 Å². The van der Waals surface area contributed by atoms with Crippen LogP contribution in [0.15, 0.2) is 24.3 Å². The van der Waals surface area contributed by atoms with E-state index in [0.717, 1.165) is 109 Å². The van der Waals surface area contributed by atoms with Crippen LogP contribution in [0.1, 0.15) is 324 Å². The minimum absolute atomic E-state index is 0.0853. The second-order valence-corrected chi connectivity index (χ2v) is 27.3. The molecule has 0 bridgehead atoms. The lowest BCUT2D eigenvalue weighted by Gasteiger charge is -2.21. The average molecular weight is 1280 g/mol. The summed E-state index contributed by atoms with van der Waals surface area (Å²) in [6.07, 6.45) is 49.5. The zero-order valence-corrected chi connectivity index (χ0v) is 57.4. The van der Waals surface area contributed by atoms with E-state index >= 15 is 0 Å². The van der Waals surface area contributed by atoms with Crippen molar-refractivity contribution >= 4 is 39.5 Å². The monoisotopic (exact) mass is 1280 g/mol. The summed E-state index contributed by atoms with van der Waals surface area (Å²) in [7, 11) is -9.90. The van der Waals surface area contributed by atoms with Gasteiger partial charge in [0.1, 0.15) is 19.3 Å². The molecule has 19 heteroatoms. The molecule has 5 atom stereocenters. The van der Waals surface area contributed by atoms with Crippen molar-refractivity contribution in [3.05, 3.63) is 24.3 Å². The number of carbonyl (C=O) groups is 4. The van der Waals surface area contributed by atoms with Crippen LogP contribution in [0.5, 0.6) is 0 Å². The molecule has 3 N–H and O–H groups in total. The number of esters is 4. The quantitative estimate of drug-likeness (QED) is 0.0169. The number of phosphoric ester groups is 2. The minimum atomic E-state index is -4.96. The summed E-state index contributed by atoms with van der Waals surface area (Å²) in [5.41, 5.74) is 0. The SMILES string of the molecule is CCCCCC/C=C\C=C/CCCCCCCC(=O)O[C@H](COC(=O)CCCCCCCCCCCCCCCC)COP(=O)(O)OC[C@@H](O)COP(=O)(O)OC[C@@H](COC(=O)CCCCCCCCCC)OC(=O)CCCCCCCCCC(C)C. The smallest absolute Gasteiger partial charge is 0.462 e. The Hall–Kier alpha value is -2.46. The van der Waals surface area contributed by atoms with Gasteiger partial charge in [0.2, 0.25) is 0 Å². The molecule has 17 nitrogen and oxygen atoms in total. The van der Waals surface area contributed by atoms with Gasteiger partial charge in [0, 0.05) is 25.7 Å². The lowest BCUT2D eigenvalue weighted by Crippen LogP contribution is -2.30. The van der Waals surface area contributed by atoms with Crippen molar-refractivity contribution in [2.75, 3.05) is 39.6 Å². The Morgan fingerprint density at radius 1 is 0.356 bits per heavy atom. The van der Waals surface area contributed by atoms with Gasteiger partial charge >= 0.3 is 39.5 Å². The molecule has 0 amide bonds. The predicted octanol–water partition coefficient (Wildman–Crippen LogP) is 18.9. The van der Waals surface area contributed by atoms with Gasteiger partial charge in [-0.3, -0.25) is 37.3 Å². The summed E-state index contributed by atoms with van der Waals surface area (Å²) < 4.78 is 68.1. The number of ether oxygens (including phenoxy) is 4. The number of aliphatic hydroxyl groups excluding tert-OH is 1. The highest BCUT2D eigenvalue weighted by Gasteiger charge is 2.30. The number of unbranched alkanes of at least 4 members (excludes halogenated alkanes) is 35. The molecule has 0 aromatic heterocycles. The average Bonchev–Trinajstić information content (AvgIpc) is 3.56. The Labute approximate surface area is 529 Å². The number of hydrogen-bond donors (Lipinski definition) is 3. The number of carbonyl (C=O) groups excluding carboxylic acids is 4. The highest BCUT2D eigenvalue weighted by atomic mass is 31.2. The normalized spacial score (nSPS) is 14.3. The molecule has 0 fully saturated rings. The number of allylic oxidation sites excluding steroid dienone is 4. The molecule has 0 aliphatic rings. The molecule has 512 valence electrons. The van der Waals surface area contributed by atoms with Crippen molar-refractivity contribution in [2.24, 2.45) is 5.92 Å². The lowest BCUT2D eigenvalue weighted by atomic mass is 10.0. The van der Waals surface area contributed by atoms with E-state index in [1.165, 1.54) is 128 Å². The van der Waals surface area contributed by atoms with E-state index in [1.807, 2.05) is 0 Å². The Morgan fingerprint density at radius 2 is 0.621 bits per heavy atom.